The van der Waals surface area contributed by atoms with Gasteiger partial charge in [-0.15, -0.1) is 0 Å². The zero-order valence-corrected chi connectivity index (χ0v) is 13.4. The second kappa shape index (κ2) is 6.95. The van der Waals surface area contributed by atoms with Crippen LogP contribution in [0.2, 0.25) is 0 Å². The summed E-state index contributed by atoms with van der Waals surface area (Å²) in [5, 5.41) is 8.28. The van der Waals surface area contributed by atoms with Gasteiger partial charge in [0.25, 0.3) is 0 Å². The van der Waals surface area contributed by atoms with Crippen LogP contribution in [0.4, 0.5) is 0 Å². The Labute approximate surface area is 135 Å². The molecule has 0 saturated carbocycles. The van der Waals surface area contributed by atoms with E-state index in [-0.39, 0.29) is 5.91 Å². The van der Waals surface area contributed by atoms with Gasteiger partial charge in [-0.2, -0.15) is 5.10 Å². The molecule has 1 aliphatic rings. The van der Waals surface area contributed by atoms with E-state index in [0.29, 0.717) is 12.3 Å². The first-order valence-electron chi connectivity index (χ1n) is 8.05. The van der Waals surface area contributed by atoms with Crippen LogP contribution in [-0.2, 0) is 18.4 Å². The molecule has 1 atom stereocenters. The fourth-order valence-electron chi connectivity index (χ4n) is 3.17. The van der Waals surface area contributed by atoms with Gasteiger partial charge in [0.05, 0.1) is 12.7 Å². The van der Waals surface area contributed by atoms with Gasteiger partial charge in [-0.1, -0.05) is 5.16 Å². The second-order valence-electron chi connectivity index (χ2n) is 6.33. The average molecular weight is 317 g/mol. The number of hydrogen-bond acceptors (Lipinski definition) is 5. The highest BCUT2D eigenvalue weighted by Gasteiger charge is 2.21. The molecule has 0 radical (unpaired) electrons. The van der Waals surface area contributed by atoms with Gasteiger partial charge < -0.3 is 10.3 Å². The summed E-state index contributed by atoms with van der Waals surface area (Å²) in [5.41, 5.74) is 7.02. The van der Waals surface area contributed by atoms with Crippen LogP contribution in [0, 0.1) is 5.92 Å². The zero-order valence-electron chi connectivity index (χ0n) is 13.4. The van der Waals surface area contributed by atoms with Crippen LogP contribution in [-0.4, -0.2) is 38.8 Å². The summed E-state index contributed by atoms with van der Waals surface area (Å²) < 4.78 is 7.21. The molecule has 23 heavy (non-hydrogen) atoms. The predicted molar refractivity (Wildman–Crippen MR) is 85.1 cm³/mol. The first-order valence-corrected chi connectivity index (χ1v) is 8.05. The van der Waals surface area contributed by atoms with Gasteiger partial charge in [0.1, 0.15) is 5.69 Å². The SMILES string of the molecule is Cn1cc(-c2cc(CN3CCC[C@@H](CCC(N)=O)C3)on2)cn1. The second-order valence-corrected chi connectivity index (χ2v) is 6.33. The van der Waals surface area contributed by atoms with Crippen molar-refractivity contribution in [2.75, 3.05) is 13.1 Å². The monoisotopic (exact) mass is 317 g/mol. The van der Waals surface area contributed by atoms with E-state index in [0.717, 1.165) is 49.5 Å². The van der Waals surface area contributed by atoms with Gasteiger partial charge in [0.2, 0.25) is 5.91 Å². The number of nitrogens with two attached hydrogens (primary N) is 1. The summed E-state index contributed by atoms with van der Waals surface area (Å²) in [6.07, 6.45) is 7.37. The number of carbonyl (C=O) groups excluding carboxylic acids is 1. The number of nitrogens with zero attached hydrogens (tertiary/aromatic N) is 4. The summed E-state index contributed by atoms with van der Waals surface area (Å²) in [5.74, 6) is 1.19. The Bertz CT molecular complexity index is 663. The summed E-state index contributed by atoms with van der Waals surface area (Å²) in [4.78, 5) is 13.3. The van der Waals surface area contributed by atoms with Crippen LogP contribution >= 0.6 is 0 Å². The molecule has 0 spiro atoms. The predicted octanol–water partition coefficient (Wildman–Crippen LogP) is 1.55. The molecular weight excluding hydrogens is 294 g/mol. The third-order valence-corrected chi connectivity index (χ3v) is 4.34. The van der Waals surface area contributed by atoms with Crippen molar-refractivity contribution >= 4 is 5.91 Å². The largest absolute Gasteiger partial charge is 0.370 e. The molecule has 3 rings (SSSR count). The molecule has 2 aromatic heterocycles. The van der Waals surface area contributed by atoms with Crippen LogP contribution in [0.1, 0.15) is 31.4 Å². The molecule has 7 nitrogen and oxygen atoms in total. The van der Waals surface area contributed by atoms with E-state index in [9.17, 15) is 4.79 Å². The summed E-state index contributed by atoms with van der Waals surface area (Å²) in [6.45, 7) is 2.78. The van der Waals surface area contributed by atoms with E-state index >= 15 is 0 Å². The maximum Gasteiger partial charge on any atom is 0.217 e. The molecule has 0 aliphatic carbocycles. The number of amides is 1. The molecule has 7 heteroatoms. The minimum absolute atomic E-state index is 0.210. The number of likely N-dealkylation sites (tertiary alicyclic amines) is 1. The van der Waals surface area contributed by atoms with E-state index in [1.54, 1.807) is 10.9 Å². The van der Waals surface area contributed by atoms with Crippen LogP contribution < -0.4 is 5.73 Å². The molecule has 2 aromatic rings. The smallest absolute Gasteiger partial charge is 0.217 e. The van der Waals surface area contributed by atoms with Gasteiger partial charge >= 0.3 is 0 Å². The third kappa shape index (κ3) is 4.19. The molecule has 3 heterocycles. The van der Waals surface area contributed by atoms with Crippen molar-refractivity contribution in [1.29, 1.82) is 0 Å². The molecule has 1 fully saturated rings. The van der Waals surface area contributed by atoms with Crippen molar-refractivity contribution in [3.05, 3.63) is 24.2 Å². The molecule has 0 bridgehead atoms. The molecule has 124 valence electrons. The van der Waals surface area contributed by atoms with Crippen molar-refractivity contribution in [3.8, 4) is 11.3 Å². The molecule has 2 N–H and O–H groups in total. The summed E-state index contributed by atoms with van der Waals surface area (Å²) in [6, 6.07) is 1.98. The lowest BCUT2D eigenvalue weighted by molar-refractivity contribution is -0.118. The number of carbonyl (C=O) groups is 1. The molecule has 0 aromatic carbocycles. The van der Waals surface area contributed by atoms with Crippen molar-refractivity contribution in [2.45, 2.75) is 32.2 Å². The van der Waals surface area contributed by atoms with Crippen molar-refractivity contribution in [1.82, 2.24) is 19.8 Å². The Morgan fingerprint density at radius 3 is 3.13 bits per heavy atom. The van der Waals surface area contributed by atoms with Gasteiger partial charge in [-0.3, -0.25) is 14.4 Å². The lowest BCUT2D eigenvalue weighted by Gasteiger charge is -2.31. The topological polar surface area (TPSA) is 90.2 Å². The molecule has 1 amide bonds. The van der Waals surface area contributed by atoms with E-state index in [4.69, 9.17) is 10.3 Å². The van der Waals surface area contributed by atoms with Crippen LogP contribution in [0.5, 0.6) is 0 Å². The van der Waals surface area contributed by atoms with E-state index in [2.05, 4.69) is 15.2 Å². The fraction of sp³-hybridized carbons (Fsp3) is 0.562. The maximum absolute atomic E-state index is 10.9. The van der Waals surface area contributed by atoms with E-state index in [1.807, 2.05) is 19.3 Å². The van der Waals surface area contributed by atoms with Crippen molar-refractivity contribution < 1.29 is 9.32 Å². The minimum Gasteiger partial charge on any atom is -0.370 e. The average Bonchev–Trinajstić information content (AvgIpc) is 3.14. The normalized spacial score (nSPS) is 19.1. The highest BCUT2D eigenvalue weighted by Crippen LogP contribution is 2.24. The van der Waals surface area contributed by atoms with E-state index in [1.165, 1.54) is 6.42 Å². The Morgan fingerprint density at radius 1 is 1.52 bits per heavy atom. The van der Waals surface area contributed by atoms with Gasteiger partial charge in [0, 0.05) is 37.8 Å². The summed E-state index contributed by atoms with van der Waals surface area (Å²) >= 11 is 0. The van der Waals surface area contributed by atoms with Gasteiger partial charge in [-0.05, 0) is 31.7 Å². The molecule has 1 aliphatic heterocycles. The van der Waals surface area contributed by atoms with Crippen LogP contribution in [0.25, 0.3) is 11.3 Å². The quantitative estimate of drug-likeness (QED) is 0.873. The number of primary amides is 1. The number of aromatic nitrogens is 3. The van der Waals surface area contributed by atoms with Crippen molar-refractivity contribution in [2.24, 2.45) is 18.7 Å². The zero-order chi connectivity index (χ0) is 16.2. The van der Waals surface area contributed by atoms with Crippen LogP contribution in [0.3, 0.4) is 0 Å². The number of rotatable bonds is 6. The molecule has 1 saturated heterocycles. The lowest BCUT2D eigenvalue weighted by Crippen LogP contribution is -2.35. The molecular formula is C16H23N5O2. The van der Waals surface area contributed by atoms with Gasteiger partial charge in [0.15, 0.2) is 5.76 Å². The Kier molecular flexibility index (Phi) is 4.76. The van der Waals surface area contributed by atoms with E-state index < -0.39 is 0 Å². The maximum atomic E-state index is 10.9. The Hall–Kier alpha value is -2.15. The number of piperidine rings is 1. The Balaban J connectivity index is 1.56. The first-order chi connectivity index (χ1) is 11.1. The standard InChI is InChI=1S/C16H23N5O2/c1-20-10-13(8-18-20)15-7-14(23-19-15)11-21-6-2-3-12(9-21)4-5-16(17)22/h7-8,10,12H,2-6,9,11H2,1H3,(H2,17,22)/t12-/m0/s1. The minimum atomic E-state index is -0.210. The van der Waals surface area contributed by atoms with Crippen LogP contribution in [0.15, 0.2) is 23.0 Å². The van der Waals surface area contributed by atoms with Gasteiger partial charge in [-0.25, -0.2) is 0 Å². The first kappa shape index (κ1) is 15.7. The number of aryl methyl sites for hydroxylation is 1. The highest BCUT2D eigenvalue weighted by molar-refractivity contribution is 5.73. The van der Waals surface area contributed by atoms with Crippen molar-refractivity contribution in [3.63, 3.8) is 0 Å². The lowest BCUT2D eigenvalue weighted by atomic mass is 9.93. The third-order valence-electron chi connectivity index (χ3n) is 4.34. The molecule has 0 unspecified atom stereocenters. The Morgan fingerprint density at radius 2 is 2.39 bits per heavy atom. The highest BCUT2D eigenvalue weighted by atomic mass is 16.5. The number of hydrogen-bond donors (Lipinski definition) is 1. The summed E-state index contributed by atoms with van der Waals surface area (Å²) in [7, 11) is 1.88. The fourth-order valence-corrected chi connectivity index (χ4v) is 3.17.